The van der Waals surface area contributed by atoms with Gasteiger partial charge in [0.25, 0.3) is 0 Å². The molecule has 2 nitrogen and oxygen atoms in total. The van der Waals surface area contributed by atoms with Gasteiger partial charge in [0.05, 0.1) is 6.26 Å². The highest BCUT2D eigenvalue weighted by atomic mass is 32.2. The first-order valence-corrected chi connectivity index (χ1v) is 7.05. The van der Waals surface area contributed by atoms with Gasteiger partial charge in [0, 0.05) is 35.8 Å². The summed E-state index contributed by atoms with van der Waals surface area (Å²) in [5, 5.41) is 0. The first kappa shape index (κ1) is 10.8. The fraction of sp³-hybridized carbons (Fsp3) is 0.286. The molecule has 0 radical (unpaired) electrons. The number of benzene rings is 1. The minimum absolute atomic E-state index is 0.936. The van der Waals surface area contributed by atoms with E-state index in [-0.39, 0.29) is 0 Å². The van der Waals surface area contributed by atoms with Crippen LogP contribution in [-0.2, 0) is 0 Å². The number of furan rings is 1. The molecule has 0 unspecified atom stereocenters. The zero-order chi connectivity index (χ0) is 11.5. The highest BCUT2D eigenvalue weighted by Crippen LogP contribution is 2.24. The summed E-state index contributed by atoms with van der Waals surface area (Å²) in [6, 6.07) is 12.6. The first-order chi connectivity index (χ1) is 8.43. The lowest BCUT2D eigenvalue weighted by Gasteiger charge is -2.28. The zero-order valence-electron chi connectivity index (χ0n) is 9.63. The van der Waals surface area contributed by atoms with Gasteiger partial charge in [0.1, 0.15) is 5.76 Å². The van der Waals surface area contributed by atoms with Crippen molar-refractivity contribution in [1.29, 1.82) is 0 Å². The van der Waals surface area contributed by atoms with Crippen molar-refractivity contribution in [1.82, 2.24) is 0 Å². The molecule has 0 amide bonds. The summed E-state index contributed by atoms with van der Waals surface area (Å²) in [5.41, 5.74) is 2.46. The summed E-state index contributed by atoms with van der Waals surface area (Å²) < 4.78 is 5.39. The van der Waals surface area contributed by atoms with Crippen molar-refractivity contribution in [2.45, 2.75) is 0 Å². The average molecular weight is 245 g/mol. The Kier molecular flexibility index (Phi) is 3.10. The number of hydrogen-bond acceptors (Lipinski definition) is 3. The second kappa shape index (κ2) is 4.88. The lowest BCUT2D eigenvalue weighted by atomic mass is 10.1. The average Bonchev–Trinajstić information content (AvgIpc) is 2.94. The second-order valence-electron chi connectivity index (χ2n) is 4.12. The monoisotopic (exact) mass is 245 g/mol. The van der Waals surface area contributed by atoms with Gasteiger partial charge in [-0.15, -0.1) is 0 Å². The summed E-state index contributed by atoms with van der Waals surface area (Å²) in [5.74, 6) is 3.41. The SMILES string of the molecule is c1coc(-c2ccc(N3CCSCC3)cc2)c1. The minimum atomic E-state index is 0.936. The third kappa shape index (κ3) is 2.34. The molecule has 1 aromatic carbocycles. The molecule has 88 valence electrons. The molecule has 0 aliphatic carbocycles. The summed E-state index contributed by atoms with van der Waals surface area (Å²) >= 11 is 2.04. The number of nitrogens with zero attached hydrogens (tertiary/aromatic N) is 1. The third-order valence-corrected chi connectivity index (χ3v) is 3.99. The van der Waals surface area contributed by atoms with Crippen LogP contribution >= 0.6 is 11.8 Å². The maximum atomic E-state index is 5.39. The summed E-state index contributed by atoms with van der Waals surface area (Å²) in [7, 11) is 0. The van der Waals surface area contributed by atoms with E-state index < -0.39 is 0 Å². The first-order valence-electron chi connectivity index (χ1n) is 5.90. The van der Waals surface area contributed by atoms with Gasteiger partial charge in [-0.3, -0.25) is 0 Å². The van der Waals surface area contributed by atoms with Crippen LogP contribution < -0.4 is 4.90 Å². The summed E-state index contributed by atoms with van der Waals surface area (Å²) in [6.45, 7) is 2.32. The Morgan fingerprint density at radius 1 is 1.00 bits per heavy atom. The Hall–Kier alpha value is -1.35. The van der Waals surface area contributed by atoms with Gasteiger partial charge in [0.2, 0.25) is 0 Å². The molecular weight excluding hydrogens is 230 g/mol. The largest absolute Gasteiger partial charge is 0.464 e. The van der Waals surface area contributed by atoms with Gasteiger partial charge in [-0.1, -0.05) is 0 Å². The molecule has 2 heterocycles. The predicted molar refractivity (Wildman–Crippen MR) is 73.7 cm³/mol. The molecule has 3 heteroatoms. The van der Waals surface area contributed by atoms with Crippen LogP contribution in [0.3, 0.4) is 0 Å². The molecule has 1 fully saturated rings. The molecule has 0 N–H and O–H groups in total. The van der Waals surface area contributed by atoms with E-state index >= 15 is 0 Å². The molecule has 1 aliphatic heterocycles. The minimum Gasteiger partial charge on any atom is -0.464 e. The number of anilines is 1. The fourth-order valence-electron chi connectivity index (χ4n) is 2.10. The van der Waals surface area contributed by atoms with Crippen molar-refractivity contribution in [2.24, 2.45) is 0 Å². The quantitative estimate of drug-likeness (QED) is 0.805. The Labute approximate surface area is 106 Å². The molecule has 17 heavy (non-hydrogen) atoms. The maximum absolute atomic E-state index is 5.39. The Morgan fingerprint density at radius 2 is 1.76 bits per heavy atom. The van der Waals surface area contributed by atoms with Crippen molar-refractivity contribution < 1.29 is 4.42 Å². The van der Waals surface area contributed by atoms with Gasteiger partial charge in [0.15, 0.2) is 0 Å². The van der Waals surface area contributed by atoms with Gasteiger partial charge in [-0.05, 0) is 36.4 Å². The van der Waals surface area contributed by atoms with Gasteiger partial charge < -0.3 is 9.32 Å². The van der Waals surface area contributed by atoms with Crippen molar-refractivity contribution in [3.05, 3.63) is 42.7 Å². The molecule has 3 rings (SSSR count). The molecule has 0 saturated carbocycles. The van der Waals surface area contributed by atoms with E-state index in [1.165, 1.54) is 17.2 Å². The Morgan fingerprint density at radius 3 is 2.41 bits per heavy atom. The topological polar surface area (TPSA) is 16.4 Å². The standard InChI is InChI=1S/C14H15NOS/c1-2-14(16-9-1)12-3-5-13(6-4-12)15-7-10-17-11-8-15/h1-6,9H,7-8,10-11H2. The van der Waals surface area contributed by atoms with Gasteiger partial charge in [-0.2, -0.15) is 11.8 Å². The van der Waals surface area contributed by atoms with Crippen LogP contribution in [0.15, 0.2) is 47.1 Å². The van der Waals surface area contributed by atoms with Crippen LogP contribution in [0, 0.1) is 0 Å². The number of rotatable bonds is 2. The normalized spacial score (nSPS) is 16.1. The molecule has 1 aliphatic rings. The zero-order valence-corrected chi connectivity index (χ0v) is 10.5. The van der Waals surface area contributed by atoms with E-state index in [0.717, 1.165) is 24.4 Å². The molecular formula is C14H15NOS. The van der Waals surface area contributed by atoms with E-state index in [9.17, 15) is 0 Å². The van der Waals surface area contributed by atoms with E-state index in [1.807, 2.05) is 23.9 Å². The van der Waals surface area contributed by atoms with E-state index in [2.05, 4.69) is 29.2 Å². The van der Waals surface area contributed by atoms with Crippen molar-refractivity contribution in [3.8, 4) is 11.3 Å². The number of thioether (sulfide) groups is 1. The van der Waals surface area contributed by atoms with Crippen LogP contribution in [0.4, 0.5) is 5.69 Å². The van der Waals surface area contributed by atoms with Crippen LogP contribution in [-0.4, -0.2) is 24.6 Å². The van der Waals surface area contributed by atoms with Crippen molar-refractivity contribution >= 4 is 17.4 Å². The third-order valence-electron chi connectivity index (χ3n) is 3.05. The molecule has 0 spiro atoms. The van der Waals surface area contributed by atoms with Crippen molar-refractivity contribution in [3.63, 3.8) is 0 Å². The highest BCUT2D eigenvalue weighted by Gasteiger charge is 2.11. The fourth-order valence-corrected chi connectivity index (χ4v) is 3.00. The highest BCUT2D eigenvalue weighted by molar-refractivity contribution is 7.99. The van der Waals surface area contributed by atoms with Gasteiger partial charge >= 0.3 is 0 Å². The van der Waals surface area contributed by atoms with E-state index in [0.29, 0.717) is 0 Å². The summed E-state index contributed by atoms with van der Waals surface area (Å²) in [4.78, 5) is 2.45. The Balaban J connectivity index is 1.80. The predicted octanol–water partition coefficient (Wildman–Crippen LogP) is 3.50. The van der Waals surface area contributed by atoms with Crippen LogP contribution in [0.5, 0.6) is 0 Å². The summed E-state index contributed by atoms with van der Waals surface area (Å²) in [6.07, 6.45) is 1.71. The second-order valence-corrected chi connectivity index (χ2v) is 5.35. The van der Waals surface area contributed by atoms with E-state index in [1.54, 1.807) is 6.26 Å². The molecule has 1 aromatic heterocycles. The lowest BCUT2D eigenvalue weighted by molar-refractivity contribution is 0.582. The molecule has 0 atom stereocenters. The van der Waals surface area contributed by atoms with Gasteiger partial charge in [-0.25, -0.2) is 0 Å². The van der Waals surface area contributed by atoms with Crippen LogP contribution in [0.2, 0.25) is 0 Å². The van der Waals surface area contributed by atoms with Crippen molar-refractivity contribution in [2.75, 3.05) is 29.5 Å². The number of hydrogen-bond donors (Lipinski definition) is 0. The smallest absolute Gasteiger partial charge is 0.133 e. The molecule has 2 aromatic rings. The molecule has 0 bridgehead atoms. The van der Waals surface area contributed by atoms with Crippen LogP contribution in [0.25, 0.3) is 11.3 Å². The Bertz CT molecular complexity index is 457. The lowest BCUT2D eigenvalue weighted by Crippen LogP contribution is -2.32. The maximum Gasteiger partial charge on any atom is 0.133 e. The molecule has 1 saturated heterocycles. The van der Waals surface area contributed by atoms with Crippen LogP contribution in [0.1, 0.15) is 0 Å². The van der Waals surface area contributed by atoms with E-state index in [4.69, 9.17) is 4.42 Å².